The first kappa shape index (κ1) is 14.9. The Balaban J connectivity index is 3.37. The van der Waals surface area contributed by atoms with Gasteiger partial charge in [0.15, 0.2) is 0 Å². The third kappa shape index (κ3) is 8.23. The van der Waals surface area contributed by atoms with E-state index in [0.717, 1.165) is 12.8 Å². The smallest absolute Gasteiger partial charge is 0.306 e. The van der Waals surface area contributed by atoms with E-state index in [1.54, 1.807) is 6.92 Å². The second-order valence-electron chi connectivity index (χ2n) is 3.98. The van der Waals surface area contributed by atoms with Gasteiger partial charge in [0.1, 0.15) is 0 Å². The molecule has 94 valence electrons. The second-order valence-corrected chi connectivity index (χ2v) is 3.98. The number of unbranched alkanes of at least 4 members (excludes halogenated alkanes) is 1. The zero-order valence-corrected chi connectivity index (χ0v) is 9.87. The average molecular weight is 230 g/mol. The molecule has 0 aromatic carbocycles. The summed E-state index contributed by atoms with van der Waals surface area (Å²) in [6.07, 6.45) is 3.48. The molecule has 0 radical (unpaired) electrons. The minimum Gasteiger partial charge on any atom is -0.481 e. The van der Waals surface area contributed by atoms with Crippen molar-refractivity contribution in [1.82, 2.24) is 5.32 Å². The number of amides is 1. The van der Waals surface area contributed by atoms with E-state index in [1.807, 2.05) is 0 Å². The molecule has 0 rings (SSSR count). The highest BCUT2D eigenvalue weighted by atomic mass is 16.4. The highest BCUT2D eigenvalue weighted by molar-refractivity contribution is 5.75. The maximum Gasteiger partial charge on any atom is 0.306 e. The molecule has 1 atom stereocenters. The maximum absolute atomic E-state index is 11.2. The largest absolute Gasteiger partial charge is 0.481 e. The van der Waals surface area contributed by atoms with Crippen molar-refractivity contribution in [3.8, 4) is 0 Å². The Morgan fingerprint density at radius 3 is 2.56 bits per heavy atom. The Labute approximate surface area is 96.4 Å². The molecule has 0 aliphatic heterocycles. The van der Waals surface area contributed by atoms with Gasteiger partial charge in [-0.1, -0.05) is 6.92 Å². The van der Waals surface area contributed by atoms with Gasteiger partial charge in [-0.05, 0) is 32.2 Å². The van der Waals surface area contributed by atoms with Gasteiger partial charge >= 0.3 is 5.97 Å². The van der Waals surface area contributed by atoms with Crippen LogP contribution >= 0.6 is 0 Å². The van der Waals surface area contributed by atoms with Gasteiger partial charge in [0.2, 0.25) is 5.91 Å². The topological polar surface area (TPSA) is 92.4 Å². The summed E-state index contributed by atoms with van der Waals surface area (Å²) in [4.78, 5) is 21.7. The van der Waals surface area contributed by atoms with Crippen molar-refractivity contribution < 1.29 is 14.7 Å². The molecular formula is C11H22N2O3. The van der Waals surface area contributed by atoms with Gasteiger partial charge in [0.25, 0.3) is 0 Å². The van der Waals surface area contributed by atoms with Crippen LogP contribution in [0.4, 0.5) is 0 Å². The van der Waals surface area contributed by atoms with E-state index in [2.05, 4.69) is 5.32 Å². The lowest BCUT2D eigenvalue weighted by Gasteiger charge is -2.07. The van der Waals surface area contributed by atoms with E-state index in [4.69, 9.17) is 10.8 Å². The van der Waals surface area contributed by atoms with E-state index < -0.39 is 5.97 Å². The van der Waals surface area contributed by atoms with Crippen molar-refractivity contribution in [3.05, 3.63) is 0 Å². The minimum absolute atomic E-state index is 0.0245. The monoisotopic (exact) mass is 230 g/mol. The van der Waals surface area contributed by atoms with Gasteiger partial charge in [-0.15, -0.1) is 0 Å². The fourth-order valence-corrected chi connectivity index (χ4v) is 1.28. The maximum atomic E-state index is 11.2. The minimum atomic E-state index is -0.783. The van der Waals surface area contributed by atoms with Crippen molar-refractivity contribution in [2.24, 2.45) is 11.7 Å². The predicted octanol–water partition coefficient (Wildman–Crippen LogP) is 0.733. The Morgan fingerprint density at radius 2 is 2.00 bits per heavy atom. The van der Waals surface area contributed by atoms with E-state index >= 15 is 0 Å². The van der Waals surface area contributed by atoms with E-state index in [9.17, 15) is 9.59 Å². The van der Waals surface area contributed by atoms with Crippen LogP contribution < -0.4 is 11.1 Å². The number of hydrogen-bond acceptors (Lipinski definition) is 3. The summed E-state index contributed by atoms with van der Waals surface area (Å²) in [5.74, 6) is -1.10. The van der Waals surface area contributed by atoms with Gasteiger partial charge in [0, 0.05) is 13.0 Å². The SMILES string of the molecule is CC(CCCNC(=O)CCCCN)C(=O)O. The second kappa shape index (κ2) is 9.15. The van der Waals surface area contributed by atoms with Crippen LogP contribution in [0, 0.1) is 5.92 Å². The average Bonchev–Trinajstić information content (AvgIpc) is 2.24. The van der Waals surface area contributed by atoms with Gasteiger partial charge in [-0.3, -0.25) is 9.59 Å². The standard InChI is InChI=1S/C11H22N2O3/c1-9(11(15)16)5-4-8-13-10(14)6-2-3-7-12/h9H,2-8,12H2,1H3,(H,13,14)(H,15,16). The summed E-state index contributed by atoms with van der Waals surface area (Å²) in [5.41, 5.74) is 5.31. The molecule has 0 fully saturated rings. The van der Waals surface area contributed by atoms with Crippen LogP contribution in [-0.2, 0) is 9.59 Å². The molecule has 0 aliphatic carbocycles. The predicted molar refractivity (Wildman–Crippen MR) is 61.9 cm³/mol. The molecule has 0 bridgehead atoms. The summed E-state index contributed by atoms with van der Waals surface area (Å²) >= 11 is 0. The van der Waals surface area contributed by atoms with Crippen molar-refractivity contribution >= 4 is 11.9 Å². The van der Waals surface area contributed by atoms with Gasteiger partial charge in [0.05, 0.1) is 5.92 Å². The number of nitrogens with two attached hydrogens (primary N) is 1. The van der Waals surface area contributed by atoms with Crippen LogP contribution in [-0.4, -0.2) is 30.1 Å². The van der Waals surface area contributed by atoms with Crippen LogP contribution in [0.1, 0.15) is 39.0 Å². The first-order chi connectivity index (χ1) is 7.57. The highest BCUT2D eigenvalue weighted by Crippen LogP contribution is 2.04. The third-order valence-corrected chi connectivity index (χ3v) is 2.42. The molecule has 5 nitrogen and oxygen atoms in total. The summed E-state index contributed by atoms with van der Waals surface area (Å²) < 4.78 is 0. The lowest BCUT2D eigenvalue weighted by molar-refractivity contribution is -0.141. The Morgan fingerprint density at radius 1 is 1.31 bits per heavy atom. The zero-order chi connectivity index (χ0) is 12.4. The number of carboxylic acids is 1. The normalized spacial score (nSPS) is 12.1. The molecule has 0 aliphatic rings. The highest BCUT2D eigenvalue weighted by Gasteiger charge is 2.09. The van der Waals surface area contributed by atoms with Crippen LogP contribution in [0.3, 0.4) is 0 Å². The Hall–Kier alpha value is -1.10. The molecule has 1 amide bonds. The Kier molecular flexibility index (Phi) is 8.52. The fraction of sp³-hybridized carbons (Fsp3) is 0.818. The molecule has 16 heavy (non-hydrogen) atoms. The quantitative estimate of drug-likeness (QED) is 0.509. The summed E-state index contributed by atoms with van der Waals surface area (Å²) in [7, 11) is 0. The number of hydrogen-bond donors (Lipinski definition) is 3. The summed E-state index contributed by atoms with van der Waals surface area (Å²) in [6, 6.07) is 0. The van der Waals surface area contributed by atoms with Gasteiger partial charge in [-0.25, -0.2) is 0 Å². The molecule has 0 heterocycles. The van der Waals surface area contributed by atoms with Crippen molar-refractivity contribution in [2.75, 3.05) is 13.1 Å². The van der Waals surface area contributed by atoms with Gasteiger partial charge < -0.3 is 16.2 Å². The number of carbonyl (C=O) groups is 2. The van der Waals surface area contributed by atoms with E-state index in [0.29, 0.717) is 32.4 Å². The lowest BCUT2D eigenvalue weighted by Crippen LogP contribution is -2.25. The van der Waals surface area contributed by atoms with Crippen LogP contribution in [0.25, 0.3) is 0 Å². The van der Waals surface area contributed by atoms with Gasteiger partial charge in [-0.2, -0.15) is 0 Å². The third-order valence-electron chi connectivity index (χ3n) is 2.42. The molecule has 0 aromatic rings. The molecule has 0 saturated carbocycles. The molecular weight excluding hydrogens is 208 g/mol. The number of carbonyl (C=O) groups excluding carboxylic acids is 1. The summed E-state index contributed by atoms with van der Waals surface area (Å²) in [6.45, 7) is 2.84. The van der Waals surface area contributed by atoms with Crippen LogP contribution in [0.2, 0.25) is 0 Å². The molecule has 0 saturated heterocycles. The van der Waals surface area contributed by atoms with E-state index in [1.165, 1.54) is 0 Å². The lowest BCUT2D eigenvalue weighted by atomic mass is 10.1. The molecule has 4 N–H and O–H groups in total. The van der Waals surface area contributed by atoms with Crippen molar-refractivity contribution in [1.29, 1.82) is 0 Å². The first-order valence-corrected chi connectivity index (χ1v) is 5.77. The number of rotatable bonds is 9. The number of aliphatic carboxylic acids is 1. The van der Waals surface area contributed by atoms with Crippen molar-refractivity contribution in [2.45, 2.75) is 39.0 Å². The van der Waals surface area contributed by atoms with Crippen LogP contribution in [0.15, 0.2) is 0 Å². The molecule has 5 heteroatoms. The molecule has 0 aromatic heterocycles. The molecule has 0 spiro atoms. The number of nitrogens with one attached hydrogen (secondary N) is 1. The molecule has 1 unspecified atom stereocenters. The van der Waals surface area contributed by atoms with E-state index in [-0.39, 0.29) is 11.8 Å². The summed E-state index contributed by atoms with van der Waals surface area (Å²) in [5, 5.41) is 11.4. The zero-order valence-electron chi connectivity index (χ0n) is 9.87. The number of carboxylic acid groups (broad SMARTS) is 1. The fourth-order valence-electron chi connectivity index (χ4n) is 1.28. The Bertz CT molecular complexity index is 219. The first-order valence-electron chi connectivity index (χ1n) is 5.77. The van der Waals surface area contributed by atoms with Crippen LogP contribution in [0.5, 0.6) is 0 Å². The van der Waals surface area contributed by atoms with Crippen molar-refractivity contribution in [3.63, 3.8) is 0 Å².